The lowest BCUT2D eigenvalue weighted by molar-refractivity contribution is -0.120. The molecule has 0 spiro atoms. The first-order valence-electron chi connectivity index (χ1n) is 3.32. The molecule has 0 saturated carbocycles. The first kappa shape index (κ1) is 12.2. The maximum absolute atomic E-state index is 11.6. The number of carbonyl (C=O) groups is 1. The van der Waals surface area contributed by atoms with Crippen LogP contribution in [0, 0.1) is 0 Å². The fourth-order valence-electron chi connectivity index (χ4n) is 0.486. The van der Waals surface area contributed by atoms with Gasteiger partial charge in [-0.2, -0.15) is 21.6 Å². The average Bonchev–Trinajstić information content (AvgIpc) is 1.83. The van der Waals surface area contributed by atoms with E-state index in [2.05, 4.69) is 0 Å². The Morgan fingerprint density at radius 1 is 1.38 bits per heavy atom. The van der Waals surface area contributed by atoms with E-state index in [1.165, 1.54) is 0 Å². The fraction of sp³-hybridized carbons (Fsp3) is 0.800. The van der Waals surface area contributed by atoms with Crippen LogP contribution >= 0.6 is 0 Å². The van der Waals surface area contributed by atoms with E-state index < -0.39 is 21.4 Å². The predicted molar refractivity (Wildman–Crippen MR) is 38.0 cm³/mol. The summed E-state index contributed by atoms with van der Waals surface area (Å²) in [7, 11) is -5.52. The molecule has 0 radical (unpaired) electrons. The van der Waals surface area contributed by atoms with E-state index >= 15 is 0 Å². The van der Waals surface area contributed by atoms with Crippen LogP contribution < -0.4 is 4.72 Å². The van der Waals surface area contributed by atoms with Crippen LogP contribution in [-0.2, 0) is 14.8 Å². The summed E-state index contributed by atoms with van der Waals surface area (Å²) in [6, 6.07) is 0. The summed E-state index contributed by atoms with van der Waals surface area (Å²) in [4.78, 5) is 10.5. The van der Waals surface area contributed by atoms with Crippen molar-refractivity contribution in [3.05, 3.63) is 0 Å². The van der Waals surface area contributed by atoms with Crippen molar-refractivity contribution in [2.75, 3.05) is 0 Å². The van der Waals surface area contributed by atoms with Gasteiger partial charge in [0.1, 0.15) is 0 Å². The molecule has 0 aromatic carbocycles. The zero-order valence-corrected chi connectivity index (χ0v) is 7.50. The zero-order valence-electron chi connectivity index (χ0n) is 6.68. The van der Waals surface area contributed by atoms with Crippen molar-refractivity contribution in [2.45, 2.75) is 25.3 Å². The molecule has 0 saturated heterocycles. The number of amides is 1. The van der Waals surface area contributed by atoms with E-state index in [9.17, 15) is 26.4 Å². The highest BCUT2D eigenvalue weighted by molar-refractivity contribution is 7.90. The van der Waals surface area contributed by atoms with Gasteiger partial charge in [-0.1, -0.05) is 6.92 Å². The molecule has 0 heterocycles. The fourth-order valence-corrected chi connectivity index (χ4v) is 1.00. The lowest BCUT2D eigenvalue weighted by atomic mass is 10.3. The maximum atomic E-state index is 11.6. The summed E-state index contributed by atoms with van der Waals surface area (Å²) < 4.78 is 56.4. The van der Waals surface area contributed by atoms with Crippen molar-refractivity contribution in [1.29, 1.82) is 0 Å². The third-order valence-electron chi connectivity index (χ3n) is 1.03. The first-order chi connectivity index (χ1) is 5.70. The van der Waals surface area contributed by atoms with E-state index in [1.807, 2.05) is 0 Å². The second kappa shape index (κ2) is 3.95. The molecule has 0 rings (SSSR count). The Bertz CT molecular complexity index is 282. The van der Waals surface area contributed by atoms with Crippen LogP contribution in [0.5, 0.6) is 0 Å². The van der Waals surface area contributed by atoms with Gasteiger partial charge < -0.3 is 0 Å². The minimum Gasteiger partial charge on any atom is -0.274 e. The quantitative estimate of drug-likeness (QED) is 0.761. The molecular weight excluding hydrogens is 211 g/mol. The number of nitrogens with one attached hydrogen (secondary N) is 1. The highest BCUT2D eigenvalue weighted by Crippen LogP contribution is 2.21. The summed E-state index contributed by atoms with van der Waals surface area (Å²) in [5, 5.41) is 0. The van der Waals surface area contributed by atoms with Gasteiger partial charge in [-0.15, -0.1) is 0 Å². The summed E-state index contributed by atoms with van der Waals surface area (Å²) in [6.07, 6.45) is 0.0223. The zero-order chi connectivity index (χ0) is 10.7. The Balaban J connectivity index is 4.46. The molecule has 0 unspecified atom stereocenters. The largest absolute Gasteiger partial charge is 0.516 e. The molecule has 8 heteroatoms. The van der Waals surface area contributed by atoms with Crippen molar-refractivity contribution >= 4 is 15.9 Å². The second-order valence-corrected chi connectivity index (χ2v) is 3.90. The Morgan fingerprint density at radius 2 is 1.85 bits per heavy atom. The van der Waals surface area contributed by atoms with Gasteiger partial charge in [0.05, 0.1) is 0 Å². The van der Waals surface area contributed by atoms with Crippen LogP contribution in [0.3, 0.4) is 0 Å². The van der Waals surface area contributed by atoms with Crippen molar-refractivity contribution in [3.63, 3.8) is 0 Å². The van der Waals surface area contributed by atoms with Gasteiger partial charge in [-0.25, -0.2) is 4.72 Å². The van der Waals surface area contributed by atoms with Crippen LogP contribution in [0.2, 0.25) is 0 Å². The molecule has 1 N–H and O–H groups in total. The lowest BCUT2D eigenvalue weighted by Crippen LogP contribution is -2.40. The van der Waals surface area contributed by atoms with E-state index in [4.69, 9.17) is 0 Å². The minimum absolute atomic E-state index is 0.255. The van der Waals surface area contributed by atoms with Gasteiger partial charge in [0, 0.05) is 6.42 Å². The lowest BCUT2D eigenvalue weighted by Gasteiger charge is -2.08. The molecule has 0 fully saturated rings. The van der Waals surface area contributed by atoms with E-state index in [0.717, 1.165) is 4.72 Å². The Morgan fingerprint density at radius 3 is 2.15 bits per heavy atom. The van der Waals surface area contributed by atoms with E-state index in [1.54, 1.807) is 6.92 Å². The van der Waals surface area contributed by atoms with Gasteiger partial charge in [0.15, 0.2) is 0 Å². The molecule has 0 aliphatic carbocycles. The smallest absolute Gasteiger partial charge is 0.274 e. The summed E-state index contributed by atoms with van der Waals surface area (Å²) in [6.45, 7) is 1.54. The topological polar surface area (TPSA) is 63.2 Å². The molecule has 0 aliphatic heterocycles. The number of carbonyl (C=O) groups excluding carboxylic acids is 1. The molecule has 13 heavy (non-hydrogen) atoms. The summed E-state index contributed by atoms with van der Waals surface area (Å²) >= 11 is 0. The third-order valence-corrected chi connectivity index (χ3v) is 2.14. The van der Waals surface area contributed by atoms with Crippen LogP contribution in [0.4, 0.5) is 13.2 Å². The molecule has 0 aromatic heterocycles. The maximum Gasteiger partial charge on any atom is 0.516 e. The number of hydrogen-bond acceptors (Lipinski definition) is 3. The average molecular weight is 219 g/mol. The van der Waals surface area contributed by atoms with Crippen molar-refractivity contribution in [3.8, 4) is 0 Å². The molecule has 78 valence electrons. The number of alkyl halides is 3. The second-order valence-electron chi connectivity index (χ2n) is 2.22. The number of hydrogen-bond donors (Lipinski definition) is 1. The molecule has 0 aromatic rings. The molecule has 1 amide bonds. The van der Waals surface area contributed by atoms with Crippen LogP contribution in [0.25, 0.3) is 0 Å². The van der Waals surface area contributed by atoms with Gasteiger partial charge >= 0.3 is 15.5 Å². The molecule has 4 nitrogen and oxygen atoms in total. The number of rotatable bonds is 3. The van der Waals surface area contributed by atoms with Gasteiger partial charge in [-0.3, -0.25) is 4.79 Å². The van der Waals surface area contributed by atoms with Gasteiger partial charge in [-0.05, 0) is 6.42 Å². The van der Waals surface area contributed by atoms with E-state index in [-0.39, 0.29) is 12.8 Å². The Hall–Kier alpha value is -0.790. The minimum atomic E-state index is -5.52. The molecule has 0 aliphatic rings. The summed E-state index contributed by atoms with van der Waals surface area (Å²) in [5.41, 5.74) is -5.43. The van der Waals surface area contributed by atoms with E-state index in [0.29, 0.717) is 0 Å². The van der Waals surface area contributed by atoms with Crippen LogP contribution in [0.1, 0.15) is 19.8 Å². The molecule has 0 atom stereocenters. The molecule has 0 bridgehead atoms. The normalized spacial score (nSPS) is 12.6. The summed E-state index contributed by atoms with van der Waals surface area (Å²) in [5.74, 6) is -1.15. The predicted octanol–water partition coefficient (Wildman–Crippen LogP) is 0.752. The van der Waals surface area contributed by atoms with Crippen molar-refractivity contribution in [1.82, 2.24) is 4.72 Å². The van der Waals surface area contributed by atoms with Crippen molar-refractivity contribution in [2.24, 2.45) is 0 Å². The monoisotopic (exact) mass is 219 g/mol. The highest BCUT2D eigenvalue weighted by Gasteiger charge is 2.46. The van der Waals surface area contributed by atoms with Crippen LogP contribution in [0.15, 0.2) is 0 Å². The Labute approximate surface area is 73.2 Å². The van der Waals surface area contributed by atoms with Gasteiger partial charge in [0.2, 0.25) is 5.91 Å². The first-order valence-corrected chi connectivity index (χ1v) is 4.81. The number of sulfonamides is 1. The SMILES string of the molecule is CCCC(=O)NS(=O)(=O)C(F)(F)F. The molecular formula is C5H8F3NO3S. The third kappa shape index (κ3) is 3.62. The van der Waals surface area contributed by atoms with Crippen molar-refractivity contribution < 1.29 is 26.4 Å². The number of halogens is 3. The standard InChI is InChI=1S/C5H8F3NO3S/c1-2-3-4(10)9-13(11,12)5(6,7)8/h2-3H2,1H3,(H,9,10). The van der Waals surface area contributed by atoms with Crippen LogP contribution in [-0.4, -0.2) is 19.8 Å². The Kier molecular flexibility index (Phi) is 3.71. The van der Waals surface area contributed by atoms with Gasteiger partial charge in [0.25, 0.3) is 0 Å². The highest BCUT2D eigenvalue weighted by atomic mass is 32.2.